The summed E-state index contributed by atoms with van der Waals surface area (Å²) >= 11 is 0. The Bertz CT molecular complexity index is 766. The molecule has 0 aliphatic carbocycles. The summed E-state index contributed by atoms with van der Waals surface area (Å²) in [6.07, 6.45) is 1.25. The van der Waals surface area contributed by atoms with Crippen molar-refractivity contribution in [2.45, 2.75) is 51.9 Å². The summed E-state index contributed by atoms with van der Waals surface area (Å²) in [6, 6.07) is 15.5. The standard InChI is InChI=1S/C22H28N2O4/c1-22(2,3)28-21(25)24-14-12-18(13-15-24)27-20-11-7-10-19(23-20)26-16-17-8-5-4-6-9-17/h4-11,18H,12-16H2,1-3H3. The van der Waals surface area contributed by atoms with Gasteiger partial charge in [0.25, 0.3) is 0 Å². The Labute approximate surface area is 166 Å². The first-order valence-electron chi connectivity index (χ1n) is 9.67. The van der Waals surface area contributed by atoms with Crippen molar-refractivity contribution in [2.75, 3.05) is 13.1 Å². The van der Waals surface area contributed by atoms with Crippen LogP contribution in [-0.2, 0) is 11.3 Å². The monoisotopic (exact) mass is 384 g/mol. The number of nitrogens with zero attached hydrogens (tertiary/aromatic N) is 2. The number of carbonyl (C=O) groups excluding carboxylic acids is 1. The molecule has 6 heteroatoms. The van der Waals surface area contributed by atoms with Crippen molar-refractivity contribution >= 4 is 6.09 Å². The summed E-state index contributed by atoms with van der Waals surface area (Å²) in [5.41, 5.74) is 0.610. The average Bonchev–Trinajstić information content (AvgIpc) is 2.67. The Kier molecular flexibility index (Phi) is 6.39. The molecular weight excluding hydrogens is 356 g/mol. The molecule has 1 aromatic carbocycles. The van der Waals surface area contributed by atoms with Crippen LogP contribution in [0.1, 0.15) is 39.2 Å². The van der Waals surface area contributed by atoms with Gasteiger partial charge in [0.2, 0.25) is 11.8 Å². The van der Waals surface area contributed by atoms with Crippen LogP contribution < -0.4 is 9.47 Å². The van der Waals surface area contributed by atoms with Gasteiger partial charge in [-0.25, -0.2) is 4.79 Å². The molecule has 1 saturated heterocycles. The zero-order valence-corrected chi connectivity index (χ0v) is 16.8. The van der Waals surface area contributed by atoms with Crippen molar-refractivity contribution in [1.29, 1.82) is 0 Å². The van der Waals surface area contributed by atoms with E-state index in [9.17, 15) is 4.79 Å². The minimum Gasteiger partial charge on any atom is -0.474 e. The van der Waals surface area contributed by atoms with Gasteiger partial charge in [0.1, 0.15) is 18.3 Å². The third-order valence-corrected chi connectivity index (χ3v) is 4.31. The minimum atomic E-state index is -0.478. The highest BCUT2D eigenvalue weighted by Gasteiger charge is 2.27. The summed E-state index contributed by atoms with van der Waals surface area (Å²) in [5.74, 6) is 1.08. The number of hydrogen-bond acceptors (Lipinski definition) is 5. The number of amides is 1. The van der Waals surface area contributed by atoms with Crippen molar-refractivity contribution in [3.05, 3.63) is 54.1 Å². The number of carbonyl (C=O) groups is 1. The SMILES string of the molecule is CC(C)(C)OC(=O)N1CCC(Oc2cccc(OCc3ccccc3)n2)CC1. The maximum Gasteiger partial charge on any atom is 0.410 e. The molecule has 0 bridgehead atoms. The lowest BCUT2D eigenvalue weighted by atomic mass is 10.1. The first-order valence-corrected chi connectivity index (χ1v) is 9.67. The molecule has 1 amide bonds. The van der Waals surface area contributed by atoms with E-state index in [-0.39, 0.29) is 12.2 Å². The van der Waals surface area contributed by atoms with Gasteiger partial charge in [-0.05, 0) is 26.3 Å². The Balaban J connectivity index is 1.48. The molecule has 1 fully saturated rings. The van der Waals surface area contributed by atoms with Crippen LogP contribution in [0.15, 0.2) is 48.5 Å². The van der Waals surface area contributed by atoms with Crippen LogP contribution >= 0.6 is 0 Å². The first kappa shape index (κ1) is 20.0. The minimum absolute atomic E-state index is 0.0237. The smallest absolute Gasteiger partial charge is 0.410 e. The lowest BCUT2D eigenvalue weighted by molar-refractivity contribution is 0.0122. The molecule has 0 radical (unpaired) electrons. The number of benzene rings is 1. The van der Waals surface area contributed by atoms with E-state index in [2.05, 4.69) is 4.98 Å². The summed E-state index contributed by atoms with van der Waals surface area (Å²) in [5, 5.41) is 0. The molecule has 0 saturated carbocycles. The molecule has 6 nitrogen and oxygen atoms in total. The van der Waals surface area contributed by atoms with Gasteiger partial charge in [0.15, 0.2) is 0 Å². The van der Waals surface area contributed by atoms with Gasteiger partial charge in [0, 0.05) is 38.1 Å². The molecule has 1 aromatic heterocycles. The highest BCUT2D eigenvalue weighted by Crippen LogP contribution is 2.21. The fourth-order valence-corrected chi connectivity index (χ4v) is 2.93. The zero-order valence-electron chi connectivity index (χ0n) is 16.8. The maximum atomic E-state index is 12.1. The first-order chi connectivity index (χ1) is 13.4. The van der Waals surface area contributed by atoms with E-state index < -0.39 is 5.60 Å². The summed E-state index contributed by atoms with van der Waals surface area (Å²) in [4.78, 5) is 18.3. The van der Waals surface area contributed by atoms with Gasteiger partial charge in [-0.15, -0.1) is 0 Å². The quantitative estimate of drug-likeness (QED) is 0.763. The van der Waals surface area contributed by atoms with Crippen LogP contribution in [0, 0.1) is 0 Å². The Morgan fingerprint density at radius 1 is 1.04 bits per heavy atom. The van der Waals surface area contributed by atoms with E-state index >= 15 is 0 Å². The highest BCUT2D eigenvalue weighted by atomic mass is 16.6. The molecule has 0 N–H and O–H groups in total. The van der Waals surface area contributed by atoms with Crippen LogP contribution in [-0.4, -0.2) is 40.8 Å². The van der Waals surface area contributed by atoms with Crippen molar-refractivity contribution < 1.29 is 19.0 Å². The molecule has 3 rings (SSSR count). The second-order valence-corrected chi connectivity index (χ2v) is 7.87. The van der Waals surface area contributed by atoms with Crippen LogP contribution in [0.4, 0.5) is 4.79 Å². The van der Waals surface area contributed by atoms with Gasteiger partial charge in [-0.1, -0.05) is 36.4 Å². The Morgan fingerprint density at radius 2 is 1.71 bits per heavy atom. The van der Waals surface area contributed by atoms with Crippen molar-refractivity contribution in [1.82, 2.24) is 9.88 Å². The van der Waals surface area contributed by atoms with Crippen LogP contribution in [0.3, 0.4) is 0 Å². The molecule has 0 atom stereocenters. The molecule has 1 aliphatic heterocycles. The normalized spacial score (nSPS) is 15.2. The predicted molar refractivity (Wildman–Crippen MR) is 106 cm³/mol. The predicted octanol–water partition coefficient (Wildman–Crippen LogP) is 4.44. The topological polar surface area (TPSA) is 60.9 Å². The number of ether oxygens (including phenoxy) is 3. The summed E-state index contributed by atoms with van der Waals surface area (Å²) < 4.78 is 17.2. The molecule has 150 valence electrons. The molecule has 2 aromatic rings. The number of pyridine rings is 1. The van der Waals surface area contributed by atoms with Gasteiger partial charge in [0.05, 0.1) is 0 Å². The Morgan fingerprint density at radius 3 is 2.39 bits per heavy atom. The van der Waals surface area contributed by atoms with E-state index in [1.54, 1.807) is 4.90 Å². The van der Waals surface area contributed by atoms with Crippen LogP contribution in [0.2, 0.25) is 0 Å². The highest BCUT2D eigenvalue weighted by molar-refractivity contribution is 5.68. The van der Waals surface area contributed by atoms with Crippen molar-refractivity contribution in [2.24, 2.45) is 0 Å². The Hall–Kier alpha value is -2.76. The largest absolute Gasteiger partial charge is 0.474 e. The zero-order chi connectivity index (χ0) is 20.0. The van der Waals surface area contributed by atoms with E-state index in [1.165, 1.54) is 0 Å². The van der Waals surface area contributed by atoms with Crippen LogP contribution in [0.5, 0.6) is 11.8 Å². The molecule has 0 spiro atoms. The number of aromatic nitrogens is 1. The van der Waals surface area contributed by atoms with Crippen molar-refractivity contribution in [3.8, 4) is 11.8 Å². The molecule has 1 aliphatic rings. The fourth-order valence-electron chi connectivity index (χ4n) is 2.93. The van der Waals surface area contributed by atoms with E-state index in [0.29, 0.717) is 31.5 Å². The second-order valence-electron chi connectivity index (χ2n) is 7.87. The van der Waals surface area contributed by atoms with Gasteiger partial charge in [-0.3, -0.25) is 0 Å². The number of rotatable bonds is 5. The number of hydrogen-bond donors (Lipinski definition) is 0. The summed E-state index contributed by atoms with van der Waals surface area (Å²) in [7, 11) is 0. The lowest BCUT2D eigenvalue weighted by Crippen LogP contribution is -2.44. The van der Waals surface area contributed by atoms with E-state index in [4.69, 9.17) is 14.2 Å². The fraction of sp³-hybridized carbons (Fsp3) is 0.455. The molecule has 28 heavy (non-hydrogen) atoms. The van der Waals surface area contributed by atoms with Crippen LogP contribution in [0.25, 0.3) is 0 Å². The number of likely N-dealkylation sites (tertiary alicyclic amines) is 1. The van der Waals surface area contributed by atoms with Crippen molar-refractivity contribution in [3.63, 3.8) is 0 Å². The van der Waals surface area contributed by atoms with E-state index in [0.717, 1.165) is 18.4 Å². The van der Waals surface area contributed by atoms with Gasteiger partial charge in [-0.2, -0.15) is 4.98 Å². The third-order valence-electron chi connectivity index (χ3n) is 4.31. The third kappa shape index (κ3) is 6.15. The average molecular weight is 384 g/mol. The summed E-state index contributed by atoms with van der Waals surface area (Å²) in [6.45, 7) is 7.32. The lowest BCUT2D eigenvalue weighted by Gasteiger charge is -2.33. The van der Waals surface area contributed by atoms with Gasteiger partial charge >= 0.3 is 6.09 Å². The van der Waals surface area contributed by atoms with Gasteiger partial charge < -0.3 is 19.1 Å². The second kappa shape index (κ2) is 8.95. The maximum absolute atomic E-state index is 12.1. The molecule has 0 unspecified atom stereocenters. The van der Waals surface area contributed by atoms with E-state index in [1.807, 2.05) is 69.3 Å². The number of piperidine rings is 1. The molecule has 2 heterocycles. The molecular formula is C22H28N2O4.